The van der Waals surface area contributed by atoms with E-state index in [1.807, 2.05) is 0 Å². The van der Waals surface area contributed by atoms with E-state index in [9.17, 15) is 8.78 Å². The molecule has 0 bridgehead atoms. The quantitative estimate of drug-likeness (QED) is 0.692. The van der Waals surface area contributed by atoms with E-state index in [1.54, 1.807) is 18.2 Å². The second kappa shape index (κ2) is 6.07. The van der Waals surface area contributed by atoms with E-state index in [-0.39, 0.29) is 10.2 Å². The average Bonchev–Trinajstić information content (AvgIpc) is 2.34. The van der Waals surface area contributed by atoms with E-state index in [2.05, 4.69) is 21.2 Å². The molecule has 0 spiro atoms. The Morgan fingerprint density at radius 1 is 1.05 bits per heavy atom. The Labute approximate surface area is 127 Å². The van der Waals surface area contributed by atoms with Gasteiger partial charge < -0.3 is 5.32 Å². The molecule has 0 fully saturated rings. The predicted molar refractivity (Wildman–Crippen MR) is 77.8 cm³/mol. The molecule has 0 heterocycles. The molecule has 0 unspecified atom stereocenters. The Bertz CT molecular complexity index is 620. The predicted octanol–water partition coefficient (Wildman–Crippen LogP) is 5.65. The summed E-state index contributed by atoms with van der Waals surface area (Å²) in [6.45, 7) is 0.311. The summed E-state index contributed by atoms with van der Waals surface area (Å²) in [5, 5.41) is 3.88. The van der Waals surface area contributed by atoms with Crippen LogP contribution in [0.4, 0.5) is 14.5 Å². The molecule has 0 aromatic heterocycles. The van der Waals surface area contributed by atoms with E-state index in [0.29, 0.717) is 16.6 Å². The molecule has 2 aromatic rings. The lowest BCUT2D eigenvalue weighted by atomic mass is 10.2. The molecule has 100 valence electrons. The molecule has 0 aliphatic carbocycles. The number of hydrogen-bond acceptors (Lipinski definition) is 1. The summed E-state index contributed by atoms with van der Waals surface area (Å²) in [5.74, 6) is -1.31. The highest BCUT2D eigenvalue weighted by Gasteiger charge is 2.08. The summed E-state index contributed by atoms with van der Waals surface area (Å²) in [6, 6.07) is 7.21. The number of anilines is 1. The lowest BCUT2D eigenvalue weighted by molar-refractivity contribution is 0.580. The summed E-state index contributed by atoms with van der Waals surface area (Å²) in [5.41, 5.74) is 0.963. The van der Waals surface area contributed by atoms with Gasteiger partial charge in [-0.25, -0.2) is 8.78 Å². The normalized spacial score (nSPS) is 10.6. The van der Waals surface area contributed by atoms with Crippen LogP contribution in [0.15, 0.2) is 34.8 Å². The van der Waals surface area contributed by atoms with Gasteiger partial charge in [0.15, 0.2) is 0 Å². The Morgan fingerprint density at radius 2 is 1.79 bits per heavy atom. The van der Waals surface area contributed by atoms with Crippen molar-refractivity contribution >= 4 is 44.8 Å². The summed E-state index contributed by atoms with van der Waals surface area (Å²) in [4.78, 5) is 0. The van der Waals surface area contributed by atoms with E-state index in [4.69, 9.17) is 23.2 Å². The smallest absolute Gasteiger partial charge is 0.149 e. The molecule has 2 rings (SSSR count). The number of nitrogens with one attached hydrogen (secondary N) is 1. The standard InChI is InChI=1S/C13H8BrCl2F2N/c14-9-4-13(12(18)5-11(9)17)19-6-7-1-2-8(15)3-10(7)16/h1-5,19H,6H2. The zero-order valence-electron chi connectivity index (χ0n) is 9.48. The number of hydrogen-bond donors (Lipinski definition) is 1. The maximum atomic E-state index is 13.5. The fourth-order valence-corrected chi connectivity index (χ4v) is 2.33. The van der Waals surface area contributed by atoms with Crippen molar-refractivity contribution in [3.8, 4) is 0 Å². The lowest BCUT2D eigenvalue weighted by Gasteiger charge is -2.10. The third-order valence-corrected chi connectivity index (χ3v) is 3.69. The van der Waals surface area contributed by atoms with Crippen LogP contribution in [-0.4, -0.2) is 0 Å². The molecule has 2 aromatic carbocycles. The van der Waals surface area contributed by atoms with Crippen LogP contribution in [0.2, 0.25) is 10.0 Å². The summed E-state index contributed by atoms with van der Waals surface area (Å²) < 4.78 is 26.8. The second-order valence-electron chi connectivity index (χ2n) is 3.84. The molecule has 19 heavy (non-hydrogen) atoms. The van der Waals surface area contributed by atoms with Crippen molar-refractivity contribution in [2.24, 2.45) is 0 Å². The maximum Gasteiger partial charge on any atom is 0.149 e. The lowest BCUT2D eigenvalue weighted by Crippen LogP contribution is -2.02. The zero-order chi connectivity index (χ0) is 14.0. The van der Waals surface area contributed by atoms with Gasteiger partial charge in [-0.2, -0.15) is 0 Å². The van der Waals surface area contributed by atoms with Crippen molar-refractivity contribution < 1.29 is 8.78 Å². The fraction of sp³-hybridized carbons (Fsp3) is 0.0769. The SMILES string of the molecule is Fc1cc(F)c(NCc2ccc(Cl)cc2Cl)cc1Br. The van der Waals surface area contributed by atoms with Gasteiger partial charge in [0.05, 0.1) is 10.2 Å². The Morgan fingerprint density at radius 3 is 2.47 bits per heavy atom. The third-order valence-electron chi connectivity index (χ3n) is 2.49. The molecule has 0 atom stereocenters. The first-order valence-electron chi connectivity index (χ1n) is 5.29. The van der Waals surface area contributed by atoms with E-state index < -0.39 is 11.6 Å². The molecule has 0 saturated carbocycles. The Balaban J connectivity index is 2.16. The molecule has 0 aliphatic heterocycles. The van der Waals surface area contributed by atoms with E-state index >= 15 is 0 Å². The van der Waals surface area contributed by atoms with Crippen LogP contribution in [0, 0.1) is 11.6 Å². The van der Waals surface area contributed by atoms with Gasteiger partial charge in [0, 0.05) is 22.7 Å². The largest absolute Gasteiger partial charge is 0.379 e. The van der Waals surface area contributed by atoms with Crippen LogP contribution in [0.25, 0.3) is 0 Å². The van der Waals surface area contributed by atoms with Crippen molar-refractivity contribution in [3.63, 3.8) is 0 Å². The topological polar surface area (TPSA) is 12.0 Å². The minimum absolute atomic E-state index is 0.193. The van der Waals surface area contributed by atoms with Crippen molar-refractivity contribution in [1.82, 2.24) is 0 Å². The molecular formula is C13H8BrCl2F2N. The van der Waals surface area contributed by atoms with Crippen molar-refractivity contribution in [3.05, 3.63) is 62.0 Å². The van der Waals surface area contributed by atoms with Gasteiger partial charge in [0.2, 0.25) is 0 Å². The molecule has 1 nitrogen and oxygen atoms in total. The highest BCUT2D eigenvalue weighted by atomic mass is 79.9. The van der Waals surface area contributed by atoms with Crippen LogP contribution in [0.3, 0.4) is 0 Å². The van der Waals surface area contributed by atoms with Crippen molar-refractivity contribution in [1.29, 1.82) is 0 Å². The van der Waals surface area contributed by atoms with Gasteiger partial charge in [0.25, 0.3) is 0 Å². The third kappa shape index (κ3) is 3.59. The van der Waals surface area contributed by atoms with E-state index in [1.165, 1.54) is 6.07 Å². The van der Waals surface area contributed by atoms with Crippen LogP contribution >= 0.6 is 39.1 Å². The van der Waals surface area contributed by atoms with Gasteiger partial charge in [-0.1, -0.05) is 29.3 Å². The molecule has 0 saturated heterocycles. The number of rotatable bonds is 3. The first kappa shape index (κ1) is 14.6. The summed E-state index contributed by atoms with van der Waals surface area (Å²) in [6.07, 6.45) is 0. The maximum absolute atomic E-state index is 13.5. The highest BCUT2D eigenvalue weighted by molar-refractivity contribution is 9.10. The van der Waals surface area contributed by atoms with Crippen molar-refractivity contribution in [2.45, 2.75) is 6.54 Å². The zero-order valence-corrected chi connectivity index (χ0v) is 12.6. The first-order valence-corrected chi connectivity index (χ1v) is 6.84. The van der Waals surface area contributed by atoms with Gasteiger partial charge >= 0.3 is 0 Å². The van der Waals surface area contributed by atoms with Crippen LogP contribution in [0.5, 0.6) is 0 Å². The minimum atomic E-state index is -0.661. The second-order valence-corrected chi connectivity index (χ2v) is 5.53. The van der Waals surface area contributed by atoms with Gasteiger partial charge in [0.1, 0.15) is 11.6 Å². The average molecular weight is 367 g/mol. The van der Waals surface area contributed by atoms with Crippen LogP contribution < -0.4 is 5.32 Å². The molecule has 0 aliphatic rings. The Hall–Kier alpha value is -0.840. The summed E-state index contributed by atoms with van der Waals surface area (Å²) in [7, 11) is 0. The van der Waals surface area contributed by atoms with Crippen LogP contribution in [0.1, 0.15) is 5.56 Å². The Kier molecular flexibility index (Phi) is 4.66. The molecule has 0 radical (unpaired) electrons. The fourth-order valence-electron chi connectivity index (χ4n) is 1.51. The van der Waals surface area contributed by atoms with Gasteiger partial charge in [-0.3, -0.25) is 0 Å². The van der Waals surface area contributed by atoms with Crippen LogP contribution in [-0.2, 0) is 6.54 Å². The molecular weight excluding hydrogens is 359 g/mol. The monoisotopic (exact) mass is 365 g/mol. The van der Waals surface area contributed by atoms with Crippen molar-refractivity contribution in [2.75, 3.05) is 5.32 Å². The molecule has 1 N–H and O–H groups in total. The number of halogens is 5. The minimum Gasteiger partial charge on any atom is -0.379 e. The van der Waals surface area contributed by atoms with Gasteiger partial charge in [-0.05, 0) is 39.7 Å². The van der Waals surface area contributed by atoms with E-state index in [0.717, 1.165) is 11.6 Å². The molecule has 0 amide bonds. The van der Waals surface area contributed by atoms with Gasteiger partial charge in [-0.15, -0.1) is 0 Å². The number of benzene rings is 2. The summed E-state index contributed by atoms with van der Waals surface area (Å²) >= 11 is 14.8. The first-order chi connectivity index (χ1) is 8.97. The highest BCUT2D eigenvalue weighted by Crippen LogP contribution is 2.26. The molecule has 6 heteroatoms.